The van der Waals surface area contributed by atoms with E-state index in [0.717, 1.165) is 28.4 Å². The number of nitrogens with zero attached hydrogens (tertiary/aromatic N) is 6. The smallest absolute Gasteiger partial charge is 0.193 e. The van der Waals surface area contributed by atoms with Crippen LogP contribution >= 0.6 is 24.0 Å². The normalized spacial score (nSPS) is 11.2. The highest BCUT2D eigenvalue weighted by molar-refractivity contribution is 14.0. The highest BCUT2D eigenvalue weighted by Gasteiger charge is 2.09. The fourth-order valence-corrected chi connectivity index (χ4v) is 2.83. The lowest BCUT2D eigenvalue weighted by Crippen LogP contribution is -2.40. The van der Waals surface area contributed by atoms with Crippen LogP contribution in [-0.2, 0) is 13.6 Å². The SMILES string of the molecule is CN=C(NCCNc1ncnc2c1cnn2C)N(C)Cc1cccc(F)c1.I. The van der Waals surface area contributed by atoms with Gasteiger partial charge in [0.05, 0.1) is 11.6 Å². The molecule has 0 radical (unpaired) electrons. The van der Waals surface area contributed by atoms with Crippen LogP contribution in [0.3, 0.4) is 0 Å². The van der Waals surface area contributed by atoms with E-state index in [1.807, 2.05) is 25.1 Å². The highest BCUT2D eigenvalue weighted by Crippen LogP contribution is 2.17. The number of nitrogens with one attached hydrogen (secondary N) is 2. The molecule has 0 unspecified atom stereocenters. The van der Waals surface area contributed by atoms with Crippen molar-refractivity contribution in [3.63, 3.8) is 0 Å². The molecule has 0 amide bonds. The molecule has 0 aliphatic carbocycles. The number of rotatable bonds is 6. The Balaban J connectivity index is 0.00000280. The lowest BCUT2D eigenvalue weighted by Gasteiger charge is -2.22. The molecule has 3 rings (SSSR count). The number of aromatic nitrogens is 4. The van der Waals surface area contributed by atoms with Gasteiger partial charge in [0.25, 0.3) is 0 Å². The third kappa shape index (κ3) is 5.27. The zero-order valence-electron chi connectivity index (χ0n) is 16.1. The van der Waals surface area contributed by atoms with Crippen LogP contribution in [0.1, 0.15) is 5.56 Å². The molecule has 28 heavy (non-hydrogen) atoms. The lowest BCUT2D eigenvalue weighted by atomic mass is 10.2. The van der Waals surface area contributed by atoms with Gasteiger partial charge in [-0.15, -0.1) is 24.0 Å². The summed E-state index contributed by atoms with van der Waals surface area (Å²) in [5.41, 5.74) is 1.67. The second kappa shape index (κ2) is 10.2. The summed E-state index contributed by atoms with van der Waals surface area (Å²) in [6, 6.07) is 6.57. The molecule has 3 aromatic rings. The van der Waals surface area contributed by atoms with Gasteiger partial charge in [0.1, 0.15) is 18.0 Å². The fraction of sp³-hybridized carbons (Fsp3) is 0.333. The van der Waals surface area contributed by atoms with E-state index in [-0.39, 0.29) is 29.8 Å². The van der Waals surface area contributed by atoms with Crippen molar-refractivity contribution in [3.8, 4) is 0 Å². The van der Waals surface area contributed by atoms with Crippen LogP contribution in [0.4, 0.5) is 10.2 Å². The van der Waals surface area contributed by atoms with Gasteiger partial charge in [-0.05, 0) is 17.7 Å². The number of benzene rings is 1. The number of guanidine groups is 1. The Morgan fingerprint density at radius 1 is 1.29 bits per heavy atom. The minimum atomic E-state index is -0.236. The molecule has 0 saturated heterocycles. The van der Waals surface area contributed by atoms with Gasteiger partial charge >= 0.3 is 0 Å². The summed E-state index contributed by atoms with van der Waals surface area (Å²) >= 11 is 0. The molecule has 0 atom stereocenters. The maximum Gasteiger partial charge on any atom is 0.193 e. The van der Waals surface area contributed by atoms with E-state index in [9.17, 15) is 4.39 Å². The predicted octanol–water partition coefficient (Wildman–Crippen LogP) is 2.24. The van der Waals surface area contributed by atoms with Gasteiger partial charge in [-0.25, -0.2) is 14.4 Å². The Hall–Kier alpha value is -2.50. The summed E-state index contributed by atoms with van der Waals surface area (Å²) in [7, 11) is 5.48. The molecule has 0 spiro atoms. The van der Waals surface area contributed by atoms with Crippen molar-refractivity contribution < 1.29 is 4.39 Å². The molecule has 1 aromatic carbocycles. The van der Waals surface area contributed by atoms with Gasteiger partial charge in [0.2, 0.25) is 0 Å². The minimum Gasteiger partial charge on any atom is -0.368 e. The molecule has 8 nitrogen and oxygen atoms in total. The second-order valence-electron chi connectivity index (χ2n) is 6.11. The van der Waals surface area contributed by atoms with Crippen molar-refractivity contribution in [3.05, 3.63) is 48.2 Å². The topological polar surface area (TPSA) is 83.3 Å². The molecule has 2 aromatic heterocycles. The average molecular weight is 498 g/mol. The van der Waals surface area contributed by atoms with Gasteiger partial charge in [0, 0.05) is 40.8 Å². The number of aliphatic imine (C=N–C) groups is 1. The van der Waals surface area contributed by atoms with Crippen LogP contribution in [0.5, 0.6) is 0 Å². The standard InChI is InChI=1S/C18H23FN8.HI/c1-20-18(26(2)11-13-5-4-6-14(19)9-13)22-8-7-21-16-15-10-25-27(3)17(15)24-12-23-16;/h4-6,9-10,12H,7-8,11H2,1-3H3,(H,20,22)(H,21,23,24);1H. The summed E-state index contributed by atoms with van der Waals surface area (Å²) < 4.78 is 15.0. The third-order valence-electron chi connectivity index (χ3n) is 4.11. The number of hydrogen-bond donors (Lipinski definition) is 2. The van der Waals surface area contributed by atoms with Crippen LogP contribution in [0, 0.1) is 5.82 Å². The largest absolute Gasteiger partial charge is 0.368 e. The van der Waals surface area contributed by atoms with Crippen molar-refractivity contribution in [2.75, 3.05) is 32.5 Å². The van der Waals surface area contributed by atoms with Crippen LogP contribution in [-0.4, -0.2) is 57.8 Å². The second-order valence-corrected chi connectivity index (χ2v) is 6.11. The van der Waals surface area contributed by atoms with E-state index in [1.54, 1.807) is 24.0 Å². The molecule has 150 valence electrons. The monoisotopic (exact) mass is 498 g/mol. The summed E-state index contributed by atoms with van der Waals surface area (Å²) in [6.07, 6.45) is 3.27. The molecule has 0 saturated carbocycles. The number of fused-ring (bicyclic) bond motifs is 1. The highest BCUT2D eigenvalue weighted by atomic mass is 127. The molecule has 0 aliphatic rings. The number of halogens is 2. The maximum absolute atomic E-state index is 13.3. The summed E-state index contributed by atoms with van der Waals surface area (Å²) in [6.45, 7) is 1.85. The van der Waals surface area contributed by atoms with Gasteiger partial charge < -0.3 is 15.5 Å². The summed E-state index contributed by atoms with van der Waals surface area (Å²) in [4.78, 5) is 14.7. The Morgan fingerprint density at radius 3 is 2.86 bits per heavy atom. The van der Waals surface area contributed by atoms with Crippen molar-refractivity contribution >= 4 is 46.8 Å². The molecular formula is C18H24FIN8. The molecule has 2 N–H and O–H groups in total. The van der Waals surface area contributed by atoms with E-state index in [2.05, 4.69) is 30.7 Å². The van der Waals surface area contributed by atoms with Crippen LogP contribution in [0.15, 0.2) is 41.8 Å². The Labute approximate surface area is 180 Å². The van der Waals surface area contributed by atoms with Crippen LogP contribution in [0.2, 0.25) is 0 Å². The minimum absolute atomic E-state index is 0. The Kier molecular flexibility index (Phi) is 7.91. The zero-order chi connectivity index (χ0) is 19.2. The molecule has 0 fully saturated rings. The lowest BCUT2D eigenvalue weighted by molar-refractivity contribution is 0.476. The predicted molar refractivity (Wildman–Crippen MR) is 119 cm³/mol. The van der Waals surface area contributed by atoms with E-state index in [4.69, 9.17) is 0 Å². The number of aryl methyl sites for hydroxylation is 1. The van der Waals surface area contributed by atoms with E-state index < -0.39 is 0 Å². The molecule has 0 aliphatic heterocycles. The Bertz CT molecular complexity index is 942. The quantitative estimate of drug-likeness (QED) is 0.235. The molecule has 10 heteroatoms. The fourth-order valence-electron chi connectivity index (χ4n) is 2.83. The first-order valence-corrected chi connectivity index (χ1v) is 8.61. The first-order chi connectivity index (χ1) is 13.1. The van der Waals surface area contributed by atoms with Crippen molar-refractivity contribution in [1.29, 1.82) is 0 Å². The van der Waals surface area contributed by atoms with Crippen LogP contribution < -0.4 is 10.6 Å². The van der Waals surface area contributed by atoms with Crippen molar-refractivity contribution in [2.45, 2.75) is 6.54 Å². The third-order valence-corrected chi connectivity index (χ3v) is 4.11. The molecular weight excluding hydrogens is 474 g/mol. The maximum atomic E-state index is 13.3. The van der Waals surface area contributed by atoms with Crippen LogP contribution in [0.25, 0.3) is 11.0 Å². The number of hydrogen-bond acceptors (Lipinski definition) is 5. The first-order valence-electron chi connectivity index (χ1n) is 8.61. The van der Waals surface area contributed by atoms with E-state index in [0.29, 0.717) is 19.6 Å². The zero-order valence-corrected chi connectivity index (χ0v) is 18.4. The number of anilines is 1. The first kappa shape index (κ1) is 21.8. The van der Waals surface area contributed by atoms with Gasteiger partial charge in [0.15, 0.2) is 11.6 Å². The van der Waals surface area contributed by atoms with E-state index in [1.165, 1.54) is 18.5 Å². The summed E-state index contributed by atoms with van der Waals surface area (Å²) in [5, 5.41) is 11.7. The molecule has 2 heterocycles. The van der Waals surface area contributed by atoms with Gasteiger partial charge in [-0.1, -0.05) is 12.1 Å². The Morgan fingerprint density at radius 2 is 2.11 bits per heavy atom. The molecule has 0 bridgehead atoms. The van der Waals surface area contributed by atoms with Gasteiger partial charge in [-0.3, -0.25) is 9.67 Å². The van der Waals surface area contributed by atoms with Gasteiger partial charge in [-0.2, -0.15) is 5.10 Å². The van der Waals surface area contributed by atoms with Crippen molar-refractivity contribution in [2.24, 2.45) is 12.0 Å². The van der Waals surface area contributed by atoms with Crippen molar-refractivity contribution in [1.82, 2.24) is 30.0 Å². The van der Waals surface area contributed by atoms with E-state index >= 15 is 0 Å². The average Bonchev–Trinajstić information content (AvgIpc) is 3.03. The summed E-state index contributed by atoms with van der Waals surface area (Å²) in [5.74, 6) is 1.24.